The minimum absolute atomic E-state index is 0.301. The molecule has 0 spiro atoms. The van der Waals surface area contributed by atoms with E-state index >= 15 is 0 Å². The molecule has 0 fully saturated rings. The molecule has 1 aromatic heterocycles. The SMILES string of the molecule is CSc1ccccc1C(=O)NNc1nnc(Cc2ccc(C(F)(F)F)cc2)s1. The first kappa shape index (κ1) is 20.2. The number of thioether (sulfide) groups is 1. The minimum Gasteiger partial charge on any atom is -0.271 e. The van der Waals surface area contributed by atoms with Crippen molar-refractivity contribution in [3.05, 3.63) is 70.2 Å². The molecule has 28 heavy (non-hydrogen) atoms. The Morgan fingerprint density at radius 2 is 1.82 bits per heavy atom. The van der Waals surface area contributed by atoms with E-state index in [4.69, 9.17) is 0 Å². The molecule has 10 heteroatoms. The van der Waals surface area contributed by atoms with Gasteiger partial charge in [-0.25, -0.2) is 0 Å². The van der Waals surface area contributed by atoms with Crippen LogP contribution in [0.1, 0.15) is 26.5 Å². The van der Waals surface area contributed by atoms with E-state index in [0.717, 1.165) is 17.0 Å². The van der Waals surface area contributed by atoms with E-state index in [1.54, 1.807) is 12.1 Å². The lowest BCUT2D eigenvalue weighted by Gasteiger charge is -2.08. The molecule has 2 aromatic carbocycles. The van der Waals surface area contributed by atoms with Crippen LogP contribution in [0.15, 0.2) is 53.4 Å². The highest BCUT2D eigenvalue weighted by molar-refractivity contribution is 7.98. The first-order chi connectivity index (χ1) is 13.4. The van der Waals surface area contributed by atoms with E-state index in [2.05, 4.69) is 21.0 Å². The fraction of sp³-hybridized carbons (Fsp3) is 0.167. The number of hydrazine groups is 1. The number of anilines is 1. The largest absolute Gasteiger partial charge is 0.416 e. The molecule has 0 aliphatic carbocycles. The zero-order valence-corrected chi connectivity index (χ0v) is 16.2. The molecular formula is C18H15F3N4OS2. The number of hydrogen-bond donors (Lipinski definition) is 2. The molecule has 5 nitrogen and oxygen atoms in total. The number of nitrogens with zero attached hydrogens (tertiary/aromatic N) is 2. The van der Waals surface area contributed by atoms with Crippen LogP contribution in [0.2, 0.25) is 0 Å². The number of halogens is 3. The van der Waals surface area contributed by atoms with Crippen LogP contribution in [-0.2, 0) is 12.6 Å². The van der Waals surface area contributed by atoms with E-state index in [-0.39, 0.29) is 5.91 Å². The van der Waals surface area contributed by atoms with Crippen LogP contribution < -0.4 is 10.9 Å². The smallest absolute Gasteiger partial charge is 0.271 e. The molecule has 0 unspecified atom stereocenters. The molecule has 0 saturated carbocycles. The standard InChI is InChI=1S/C18H15F3N4OS2/c1-27-14-5-3-2-4-13(14)16(26)23-25-17-24-22-15(28-17)10-11-6-8-12(9-7-11)18(19,20)21/h2-9H,10H2,1H3,(H,23,26)(H,24,25). The van der Waals surface area contributed by atoms with Crippen molar-refractivity contribution < 1.29 is 18.0 Å². The normalized spacial score (nSPS) is 11.3. The second kappa shape index (κ2) is 8.61. The molecule has 1 amide bonds. The highest BCUT2D eigenvalue weighted by Crippen LogP contribution is 2.29. The van der Waals surface area contributed by atoms with Crippen molar-refractivity contribution in [3.63, 3.8) is 0 Å². The van der Waals surface area contributed by atoms with Crippen LogP contribution in [0.3, 0.4) is 0 Å². The Balaban J connectivity index is 1.59. The van der Waals surface area contributed by atoms with Crippen LogP contribution in [0.5, 0.6) is 0 Å². The Bertz CT molecular complexity index is 958. The number of carbonyl (C=O) groups excluding carboxylic acids is 1. The molecular weight excluding hydrogens is 409 g/mol. The zero-order valence-electron chi connectivity index (χ0n) is 14.6. The summed E-state index contributed by atoms with van der Waals surface area (Å²) in [5, 5.41) is 8.93. The molecule has 1 heterocycles. The first-order valence-electron chi connectivity index (χ1n) is 8.04. The summed E-state index contributed by atoms with van der Waals surface area (Å²) in [5.74, 6) is -0.301. The number of aromatic nitrogens is 2. The van der Waals surface area contributed by atoms with E-state index in [1.165, 1.54) is 35.2 Å². The molecule has 0 aliphatic rings. The molecule has 0 atom stereocenters. The Kier molecular flexibility index (Phi) is 6.20. The maximum atomic E-state index is 12.6. The highest BCUT2D eigenvalue weighted by Gasteiger charge is 2.29. The lowest BCUT2D eigenvalue weighted by molar-refractivity contribution is -0.137. The number of carbonyl (C=O) groups is 1. The fourth-order valence-electron chi connectivity index (χ4n) is 2.37. The lowest BCUT2D eigenvalue weighted by Crippen LogP contribution is -2.29. The van der Waals surface area contributed by atoms with Gasteiger partial charge in [0.15, 0.2) is 0 Å². The van der Waals surface area contributed by atoms with E-state index in [9.17, 15) is 18.0 Å². The quantitative estimate of drug-likeness (QED) is 0.446. The van der Waals surface area contributed by atoms with E-state index < -0.39 is 11.7 Å². The number of hydrogen-bond acceptors (Lipinski definition) is 6. The molecule has 0 aliphatic heterocycles. The van der Waals surface area contributed by atoms with E-state index in [1.807, 2.05) is 18.4 Å². The molecule has 3 rings (SSSR count). The maximum Gasteiger partial charge on any atom is 0.416 e. The van der Waals surface area contributed by atoms with Crippen molar-refractivity contribution in [2.24, 2.45) is 0 Å². The van der Waals surface area contributed by atoms with Gasteiger partial charge in [0, 0.05) is 11.3 Å². The Hall–Kier alpha value is -2.59. The third-order valence-corrected chi connectivity index (χ3v) is 5.37. The zero-order chi connectivity index (χ0) is 20.1. The molecule has 0 radical (unpaired) electrons. The van der Waals surface area contributed by atoms with Crippen LogP contribution in [0.25, 0.3) is 0 Å². The van der Waals surface area contributed by atoms with Crippen LogP contribution in [-0.4, -0.2) is 22.4 Å². The van der Waals surface area contributed by atoms with Crippen molar-refractivity contribution >= 4 is 34.1 Å². The van der Waals surface area contributed by atoms with Gasteiger partial charge in [0.05, 0.1) is 11.1 Å². The monoisotopic (exact) mass is 424 g/mol. The van der Waals surface area contributed by atoms with E-state index in [0.29, 0.717) is 27.7 Å². The minimum atomic E-state index is -4.36. The van der Waals surface area contributed by atoms with Crippen molar-refractivity contribution in [1.82, 2.24) is 15.6 Å². The topological polar surface area (TPSA) is 66.9 Å². The average Bonchev–Trinajstić information content (AvgIpc) is 3.13. The highest BCUT2D eigenvalue weighted by atomic mass is 32.2. The van der Waals surface area contributed by atoms with Gasteiger partial charge in [-0.1, -0.05) is 35.6 Å². The summed E-state index contributed by atoms with van der Waals surface area (Å²) in [4.78, 5) is 13.1. The van der Waals surface area contributed by atoms with Gasteiger partial charge >= 0.3 is 6.18 Å². The van der Waals surface area contributed by atoms with Gasteiger partial charge < -0.3 is 0 Å². The van der Waals surface area contributed by atoms with Gasteiger partial charge in [0.25, 0.3) is 5.91 Å². The summed E-state index contributed by atoms with van der Waals surface area (Å²) in [6, 6.07) is 12.1. The van der Waals surface area contributed by atoms with Crippen molar-refractivity contribution in [2.75, 3.05) is 11.7 Å². The number of nitrogens with one attached hydrogen (secondary N) is 2. The van der Waals surface area contributed by atoms with Gasteiger partial charge in [-0.05, 0) is 36.1 Å². The van der Waals surface area contributed by atoms with Gasteiger partial charge in [-0.3, -0.25) is 15.6 Å². The number of alkyl halides is 3. The van der Waals surface area contributed by atoms with Crippen LogP contribution in [0.4, 0.5) is 18.3 Å². The fourth-order valence-corrected chi connectivity index (χ4v) is 3.69. The summed E-state index contributed by atoms with van der Waals surface area (Å²) in [5.41, 5.74) is 5.83. The van der Waals surface area contributed by atoms with Gasteiger partial charge in [0.1, 0.15) is 5.01 Å². The predicted molar refractivity (Wildman–Crippen MR) is 103 cm³/mol. The van der Waals surface area contributed by atoms with Crippen molar-refractivity contribution in [2.45, 2.75) is 17.5 Å². The summed E-state index contributed by atoms with van der Waals surface area (Å²) in [6.45, 7) is 0. The number of benzene rings is 2. The Morgan fingerprint density at radius 3 is 2.50 bits per heavy atom. The molecule has 2 N–H and O–H groups in total. The second-order valence-electron chi connectivity index (χ2n) is 5.65. The predicted octanol–water partition coefficient (Wildman–Crippen LogP) is 4.63. The second-order valence-corrected chi connectivity index (χ2v) is 7.56. The van der Waals surface area contributed by atoms with Crippen LogP contribution in [0, 0.1) is 0 Å². The Labute approximate surface area is 167 Å². The summed E-state index contributed by atoms with van der Waals surface area (Å²) >= 11 is 2.68. The third kappa shape index (κ3) is 5.02. The number of amides is 1. The van der Waals surface area contributed by atoms with Crippen molar-refractivity contribution in [3.8, 4) is 0 Å². The van der Waals surface area contributed by atoms with Gasteiger partial charge in [-0.2, -0.15) is 13.2 Å². The summed E-state index contributed by atoms with van der Waals surface area (Å²) in [6.07, 6.45) is -2.12. The summed E-state index contributed by atoms with van der Waals surface area (Å²) < 4.78 is 37.8. The Morgan fingerprint density at radius 1 is 1.11 bits per heavy atom. The van der Waals surface area contributed by atoms with Crippen molar-refractivity contribution in [1.29, 1.82) is 0 Å². The maximum absolute atomic E-state index is 12.6. The average molecular weight is 424 g/mol. The molecule has 146 valence electrons. The van der Waals surface area contributed by atoms with Gasteiger partial charge in [0.2, 0.25) is 5.13 Å². The number of rotatable bonds is 6. The molecule has 0 saturated heterocycles. The first-order valence-corrected chi connectivity index (χ1v) is 10.1. The molecule has 3 aromatic rings. The molecule has 0 bridgehead atoms. The third-order valence-electron chi connectivity index (χ3n) is 3.74. The summed E-state index contributed by atoms with van der Waals surface area (Å²) in [7, 11) is 0. The van der Waals surface area contributed by atoms with Gasteiger partial charge in [-0.15, -0.1) is 22.0 Å². The lowest BCUT2D eigenvalue weighted by atomic mass is 10.1. The van der Waals surface area contributed by atoms with Crippen LogP contribution >= 0.6 is 23.1 Å².